The monoisotopic (exact) mass is 381 g/mol. The maximum Gasteiger partial charge on any atom is 0.244 e. The Bertz CT molecular complexity index is 609. The van der Waals surface area contributed by atoms with E-state index < -0.39 is 10.0 Å². The van der Waals surface area contributed by atoms with Gasteiger partial charge in [-0.05, 0) is 48.1 Å². The molecule has 0 spiro atoms. The fourth-order valence-corrected chi connectivity index (χ4v) is 4.90. The predicted molar refractivity (Wildman–Crippen MR) is 84.4 cm³/mol. The molecule has 2 N–H and O–H groups in total. The summed E-state index contributed by atoms with van der Waals surface area (Å²) in [5, 5.41) is 0.316. The molecule has 20 heavy (non-hydrogen) atoms. The molecule has 0 bridgehead atoms. The van der Waals surface area contributed by atoms with E-state index in [4.69, 9.17) is 17.3 Å². The van der Waals surface area contributed by atoms with E-state index in [-0.39, 0.29) is 4.90 Å². The Hall–Kier alpha value is -0.340. The molecular weight excluding hydrogens is 366 g/mol. The lowest BCUT2D eigenvalue weighted by Gasteiger charge is -2.21. The summed E-state index contributed by atoms with van der Waals surface area (Å²) >= 11 is 9.18. The van der Waals surface area contributed by atoms with Crippen LogP contribution >= 0.6 is 27.5 Å². The molecule has 0 aliphatic carbocycles. The second kappa shape index (κ2) is 6.19. The molecule has 0 radical (unpaired) electrons. The number of rotatable bonds is 2. The van der Waals surface area contributed by atoms with Crippen molar-refractivity contribution in [3.63, 3.8) is 0 Å². The molecule has 0 amide bonds. The van der Waals surface area contributed by atoms with Gasteiger partial charge in [0.1, 0.15) is 0 Å². The number of sulfonamides is 1. The molecule has 112 valence electrons. The standard InChI is InChI=1S/C12H17BrClN3O2S/c1-16-3-2-4-17(6-5-16)20(18,19)11-8-9(14)7-10(15)12(11)13/h7-8H,2-6,15H2,1H3. The van der Waals surface area contributed by atoms with Crippen LogP contribution in [0.4, 0.5) is 5.69 Å². The van der Waals surface area contributed by atoms with Gasteiger partial charge in [-0.1, -0.05) is 11.6 Å². The second-order valence-corrected chi connectivity index (χ2v) is 8.00. The molecule has 0 saturated carbocycles. The zero-order valence-electron chi connectivity index (χ0n) is 11.1. The highest BCUT2D eigenvalue weighted by Gasteiger charge is 2.29. The average Bonchev–Trinajstić information content (AvgIpc) is 2.58. The van der Waals surface area contributed by atoms with Gasteiger partial charge in [0.25, 0.3) is 0 Å². The Balaban J connectivity index is 2.40. The van der Waals surface area contributed by atoms with E-state index in [1.807, 2.05) is 7.05 Å². The Morgan fingerprint density at radius 2 is 1.95 bits per heavy atom. The number of likely N-dealkylation sites (N-methyl/N-ethyl adjacent to an activating group) is 1. The molecule has 1 aromatic carbocycles. The molecule has 5 nitrogen and oxygen atoms in total. The van der Waals surface area contributed by atoms with Gasteiger partial charge in [-0.2, -0.15) is 4.31 Å². The molecule has 0 unspecified atom stereocenters. The number of hydrogen-bond acceptors (Lipinski definition) is 4. The zero-order chi connectivity index (χ0) is 14.9. The van der Waals surface area contributed by atoms with Gasteiger partial charge in [-0.25, -0.2) is 8.42 Å². The number of halogens is 2. The van der Waals surface area contributed by atoms with Crippen molar-refractivity contribution in [2.75, 3.05) is 39.0 Å². The van der Waals surface area contributed by atoms with Crippen molar-refractivity contribution in [3.05, 3.63) is 21.6 Å². The average molecular weight is 383 g/mol. The van der Waals surface area contributed by atoms with Gasteiger partial charge < -0.3 is 10.6 Å². The van der Waals surface area contributed by atoms with Crippen LogP contribution in [0.1, 0.15) is 6.42 Å². The summed E-state index contributed by atoms with van der Waals surface area (Å²) in [6.07, 6.45) is 0.809. The SMILES string of the molecule is CN1CCCN(S(=O)(=O)c2cc(Cl)cc(N)c2Br)CC1. The summed E-state index contributed by atoms with van der Waals surface area (Å²) in [7, 11) is -1.60. The molecule has 1 aromatic rings. The normalized spacial score (nSPS) is 18.9. The van der Waals surface area contributed by atoms with Gasteiger partial charge in [0, 0.05) is 30.3 Å². The van der Waals surface area contributed by atoms with E-state index in [9.17, 15) is 8.42 Å². The van der Waals surface area contributed by atoms with Crippen LogP contribution in [0.5, 0.6) is 0 Å². The first-order chi connectivity index (χ1) is 9.32. The minimum Gasteiger partial charge on any atom is -0.398 e. The lowest BCUT2D eigenvalue weighted by molar-refractivity contribution is 0.347. The van der Waals surface area contributed by atoms with Gasteiger partial charge in [0.05, 0.1) is 9.37 Å². The quantitative estimate of drug-likeness (QED) is 0.795. The minimum absolute atomic E-state index is 0.132. The van der Waals surface area contributed by atoms with Gasteiger partial charge in [-0.15, -0.1) is 0 Å². The molecule has 1 aliphatic heterocycles. The molecular formula is C12H17BrClN3O2S. The summed E-state index contributed by atoms with van der Waals surface area (Å²) in [5.74, 6) is 0. The predicted octanol–water partition coefficient (Wildman–Crippen LogP) is 2.01. The molecule has 8 heteroatoms. The zero-order valence-corrected chi connectivity index (χ0v) is 14.3. The minimum atomic E-state index is -3.59. The first-order valence-corrected chi connectivity index (χ1v) is 8.86. The fourth-order valence-electron chi connectivity index (χ4n) is 2.17. The molecule has 1 saturated heterocycles. The summed E-state index contributed by atoms with van der Waals surface area (Å²) in [5.41, 5.74) is 6.10. The molecule has 0 aromatic heterocycles. The van der Waals surface area contributed by atoms with Crippen LogP contribution in [-0.2, 0) is 10.0 Å². The van der Waals surface area contributed by atoms with Crippen molar-refractivity contribution in [2.45, 2.75) is 11.3 Å². The van der Waals surface area contributed by atoms with E-state index in [1.165, 1.54) is 16.4 Å². The van der Waals surface area contributed by atoms with Gasteiger partial charge >= 0.3 is 0 Å². The molecule has 2 rings (SSSR count). The largest absolute Gasteiger partial charge is 0.398 e. The number of hydrogen-bond donors (Lipinski definition) is 1. The maximum absolute atomic E-state index is 12.7. The molecule has 1 heterocycles. The number of benzene rings is 1. The van der Waals surface area contributed by atoms with Crippen molar-refractivity contribution in [1.29, 1.82) is 0 Å². The van der Waals surface area contributed by atoms with Crippen LogP contribution in [0.3, 0.4) is 0 Å². The maximum atomic E-state index is 12.7. The second-order valence-electron chi connectivity index (χ2n) is 4.87. The highest BCUT2D eigenvalue weighted by atomic mass is 79.9. The number of anilines is 1. The number of nitrogens with zero attached hydrogens (tertiary/aromatic N) is 2. The molecule has 1 fully saturated rings. The number of nitrogen functional groups attached to an aromatic ring is 1. The third-order valence-corrected chi connectivity index (χ3v) is 6.62. The van der Waals surface area contributed by atoms with Crippen LogP contribution in [0.25, 0.3) is 0 Å². The topological polar surface area (TPSA) is 66.6 Å². The van der Waals surface area contributed by atoms with E-state index >= 15 is 0 Å². The summed E-state index contributed by atoms with van der Waals surface area (Å²) in [4.78, 5) is 2.25. The summed E-state index contributed by atoms with van der Waals surface area (Å²) in [6, 6.07) is 2.97. The third kappa shape index (κ3) is 3.28. The fraction of sp³-hybridized carbons (Fsp3) is 0.500. The summed E-state index contributed by atoms with van der Waals surface area (Å²) in [6.45, 7) is 2.58. The first kappa shape index (κ1) is 16.0. The van der Waals surface area contributed by atoms with Gasteiger partial charge in [0.2, 0.25) is 10.0 Å². The highest BCUT2D eigenvalue weighted by Crippen LogP contribution is 2.33. The third-order valence-electron chi connectivity index (χ3n) is 3.33. The summed E-state index contributed by atoms with van der Waals surface area (Å²) < 4.78 is 27.3. The van der Waals surface area contributed by atoms with Crippen molar-refractivity contribution in [1.82, 2.24) is 9.21 Å². The smallest absolute Gasteiger partial charge is 0.244 e. The first-order valence-electron chi connectivity index (χ1n) is 6.25. The van der Waals surface area contributed by atoms with Crippen molar-refractivity contribution >= 4 is 43.2 Å². The lowest BCUT2D eigenvalue weighted by atomic mass is 10.3. The van der Waals surface area contributed by atoms with E-state index in [2.05, 4.69) is 20.8 Å². The van der Waals surface area contributed by atoms with Gasteiger partial charge in [0.15, 0.2) is 0 Å². The molecule has 1 aliphatic rings. The van der Waals surface area contributed by atoms with Crippen LogP contribution in [-0.4, -0.2) is 50.8 Å². The van der Waals surface area contributed by atoms with Crippen molar-refractivity contribution in [3.8, 4) is 0 Å². The van der Waals surface area contributed by atoms with Crippen LogP contribution in [0, 0.1) is 0 Å². The Labute approximate surface area is 132 Å². The lowest BCUT2D eigenvalue weighted by Crippen LogP contribution is -2.34. The highest BCUT2D eigenvalue weighted by molar-refractivity contribution is 9.10. The number of nitrogens with two attached hydrogens (primary N) is 1. The van der Waals surface area contributed by atoms with Crippen molar-refractivity contribution in [2.24, 2.45) is 0 Å². The van der Waals surface area contributed by atoms with E-state index in [1.54, 1.807) is 0 Å². The molecule has 0 atom stereocenters. The van der Waals surface area contributed by atoms with E-state index in [0.29, 0.717) is 34.8 Å². The van der Waals surface area contributed by atoms with Crippen LogP contribution in [0.2, 0.25) is 5.02 Å². The Kier molecular flexibility index (Phi) is 4.96. The van der Waals surface area contributed by atoms with E-state index in [0.717, 1.165) is 13.0 Å². The van der Waals surface area contributed by atoms with Crippen molar-refractivity contribution < 1.29 is 8.42 Å². The Morgan fingerprint density at radius 1 is 1.25 bits per heavy atom. The van der Waals surface area contributed by atoms with Gasteiger partial charge in [-0.3, -0.25) is 0 Å². The van der Waals surface area contributed by atoms with Crippen LogP contribution < -0.4 is 5.73 Å². The van der Waals surface area contributed by atoms with Crippen LogP contribution in [0.15, 0.2) is 21.5 Å². The Morgan fingerprint density at radius 3 is 2.65 bits per heavy atom.